The second-order valence-corrected chi connectivity index (χ2v) is 12.7. The highest BCUT2D eigenvalue weighted by Gasteiger charge is 2.76. The van der Waals surface area contributed by atoms with Crippen molar-refractivity contribution in [2.45, 2.75) is 35.6 Å². The number of nitrogens with one attached hydrogen (secondary N) is 1. The number of ether oxygens (including phenoxy) is 1. The van der Waals surface area contributed by atoms with Crippen LogP contribution in [0.25, 0.3) is 0 Å². The van der Waals surface area contributed by atoms with E-state index in [0.717, 1.165) is 22.3 Å². The smallest absolute Gasteiger partial charge is 0.361 e. The number of nitro groups is 1. The van der Waals surface area contributed by atoms with Crippen LogP contribution in [0.4, 0.5) is 10.5 Å². The molecule has 2 unspecified atom stereocenters. The van der Waals surface area contributed by atoms with Crippen molar-refractivity contribution in [3.63, 3.8) is 0 Å². The zero-order valence-corrected chi connectivity index (χ0v) is 24.9. The molecule has 0 radical (unpaired) electrons. The fourth-order valence-corrected chi connectivity index (χ4v) is 8.50. The van der Waals surface area contributed by atoms with E-state index in [1.165, 1.54) is 19.1 Å². The van der Waals surface area contributed by atoms with Gasteiger partial charge in [0, 0.05) is 24.6 Å². The number of fused-ring (bicyclic) bond motifs is 1. The van der Waals surface area contributed by atoms with Gasteiger partial charge in [-0.25, -0.2) is 5.48 Å². The molecule has 2 heterocycles. The molecule has 3 atom stereocenters. The SMILES string of the molecule is CC(=O)NOCC12C[C@H](SC(c3ccccc3)(c3ccccc3)c3ccccc3)C[N+]1(Cc1ccc([N+](=O)[O-])cc1)C(=O)O2. The zero-order chi connectivity index (χ0) is 30.8. The number of thioether (sulfide) groups is 1. The molecule has 0 aliphatic carbocycles. The second kappa shape index (κ2) is 11.9. The van der Waals surface area contributed by atoms with Gasteiger partial charge in [0.15, 0.2) is 6.61 Å². The summed E-state index contributed by atoms with van der Waals surface area (Å²) >= 11 is 1.78. The lowest BCUT2D eigenvalue weighted by atomic mass is 9.84. The van der Waals surface area contributed by atoms with Gasteiger partial charge in [-0.3, -0.25) is 19.7 Å². The van der Waals surface area contributed by atoms with Gasteiger partial charge in [-0.15, -0.1) is 11.8 Å². The first-order valence-corrected chi connectivity index (χ1v) is 15.2. The molecule has 6 rings (SSSR count). The lowest BCUT2D eigenvalue weighted by Gasteiger charge is -2.51. The van der Waals surface area contributed by atoms with Crippen LogP contribution in [0.5, 0.6) is 0 Å². The molecule has 1 N–H and O–H groups in total. The summed E-state index contributed by atoms with van der Waals surface area (Å²) in [5.41, 5.74) is 5.40. The number of carbonyl (C=O) groups excluding carboxylic acids is 2. The molecule has 9 nitrogen and oxygen atoms in total. The Morgan fingerprint density at radius 3 is 1.93 bits per heavy atom. The number of hydroxylamine groups is 1. The number of hydrogen-bond donors (Lipinski definition) is 1. The third-order valence-electron chi connectivity index (χ3n) is 8.47. The number of hydrogen-bond acceptors (Lipinski definition) is 7. The Morgan fingerprint density at radius 1 is 0.955 bits per heavy atom. The molecule has 224 valence electrons. The maximum absolute atomic E-state index is 13.5. The Bertz CT molecular complexity index is 1560. The van der Waals surface area contributed by atoms with Crippen LogP contribution in [0, 0.1) is 10.1 Å². The lowest BCUT2D eigenvalue weighted by Crippen LogP contribution is -2.77. The predicted octanol–water partition coefficient (Wildman–Crippen LogP) is 6.32. The summed E-state index contributed by atoms with van der Waals surface area (Å²) in [6.45, 7) is 2.03. The van der Waals surface area contributed by atoms with Gasteiger partial charge in [-0.05, 0) is 28.8 Å². The van der Waals surface area contributed by atoms with Crippen LogP contribution in [0.2, 0.25) is 0 Å². The molecule has 10 heteroatoms. The molecule has 2 aliphatic rings. The van der Waals surface area contributed by atoms with Crippen molar-refractivity contribution in [1.29, 1.82) is 0 Å². The minimum Gasteiger partial charge on any atom is -0.361 e. The summed E-state index contributed by atoms with van der Waals surface area (Å²) in [4.78, 5) is 41.6. The van der Waals surface area contributed by atoms with Crippen LogP contribution >= 0.6 is 11.8 Å². The maximum atomic E-state index is 13.5. The average molecular weight is 611 g/mol. The number of amides is 2. The minimum absolute atomic E-state index is 0.0200. The number of carbonyl (C=O) groups is 2. The van der Waals surface area contributed by atoms with Crippen LogP contribution < -0.4 is 5.48 Å². The Hall–Kier alpha value is -4.51. The van der Waals surface area contributed by atoms with E-state index in [-0.39, 0.29) is 40.6 Å². The van der Waals surface area contributed by atoms with Crippen LogP contribution in [0.1, 0.15) is 35.6 Å². The molecule has 2 fully saturated rings. The van der Waals surface area contributed by atoms with Crippen molar-refractivity contribution in [3.05, 3.63) is 148 Å². The van der Waals surface area contributed by atoms with Crippen molar-refractivity contribution in [2.75, 3.05) is 13.2 Å². The van der Waals surface area contributed by atoms with E-state index in [0.29, 0.717) is 13.0 Å². The van der Waals surface area contributed by atoms with Gasteiger partial charge in [0.1, 0.15) is 13.1 Å². The Morgan fingerprint density at radius 2 is 1.48 bits per heavy atom. The first-order valence-electron chi connectivity index (χ1n) is 14.3. The fraction of sp³-hybridized carbons (Fsp3) is 0.235. The molecule has 4 aromatic rings. The summed E-state index contributed by atoms with van der Waals surface area (Å²) in [6.07, 6.45) is 0.0899. The van der Waals surface area contributed by atoms with Crippen molar-refractivity contribution >= 4 is 29.4 Å². The van der Waals surface area contributed by atoms with Crippen LogP contribution in [-0.2, 0) is 25.7 Å². The minimum atomic E-state index is -1.05. The van der Waals surface area contributed by atoms with Gasteiger partial charge in [0.2, 0.25) is 5.91 Å². The highest BCUT2D eigenvalue weighted by Crippen LogP contribution is 2.58. The van der Waals surface area contributed by atoms with Crippen molar-refractivity contribution in [1.82, 2.24) is 5.48 Å². The summed E-state index contributed by atoms with van der Waals surface area (Å²) in [6, 6.07) is 37.3. The van der Waals surface area contributed by atoms with Crippen LogP contribution in [-0.4, -0.2) is 45.5 Å². The third-order valence-corrected chi connectivity index (χ3v) is 10.2. The average Bonchev–Trinajstić information content (AvgIpc) is 3.27. The number of quaternary nitrogens is 1. The number of rotatable bonds is 11. The Balaban J connectivity index is 1.43. The highest BCUT2D eigenvalue weighted by atomic mass is 32.2. The Labute approximate surface area is 259 Å². The first-order chi connectivity index (χ1) is 21.3. The van der Waals surface area contributed by atoms with E-state index in [1.807, 2.05) is 54.6 Å². The second-order valence-electron chi connectivity index (χ2n) is 11.2. The zero-order valence-electron chi connectivity index (χ0n) is 24.1. The summed E-state index contributed by atoms with van der Waals surface area (Å²) < 4.78 is 5.31. The summed E-state index contributed by atoms with van der Waals surface area (Å²) in [7, 11) is 0. The van der Waals surface area contributed by atoms with E-state index in [4.69, 9.17) is 9.57 Å². The van der Waals surface area contributed by atoms with E-state index >= 15 is 0 Å². The molecule has 44 heavy (non-hydrogen) atoms. The molecule has 2 aliphatic heterocycles. The standard InChI is InChI=1S/C34H31N3O6S/c1-25(38)35-42-24-33-21-31(23-37(33,32(39)43-33)22-26-17-19-30(20-18-26)36(40)41)44-34(27-11-5-2-6-12-27,28-13-7-3-8-14-28)29-15-9-4-10-16-29/h2-20,31H,21-24H2,1H3/p+1/t31-,33?,37?/m0/s1. The molecular formula is C34H32N3O6S+. The molecular weight excluding hydrogens is 578 g/mol. The number of nitrogens with zero attached hydrogens (tertiary/aromatic N) is 2. The first kappa shape index (κ1) is 29.6. The normalized spacial score (nSPS) is 22.4. The molecule has 2 saturated heterocycles. The number of nitro benzene ring substituents is 1. The van der Waals surface area contributed by atoms with Crippen LogP contribution in [0.3, 0.4) is 0 Å². The van der Waals surface area contributed by atoms with E-state index < -0.39 is 15.4 Å². The van der Waals surface area contributed by atoms with Crippen molar-refractivity contribution < 1.29 is 28.6 Å². The molecule has 0 bridgehead atoms. The van der Waals surface area contributed by atoms with Gasteiger partial charge in [0.05, 0.1) is 21.3 Å². The monoisotopic (exact) mass is 610 g/mol. The van der Waals surface area contributed by atoms with Gasteiger partial charge in [-0.2, -0.15) is 9.28 Å². The number of non-ortho nitro benzene ring substituents is 1. The maximum Gasteiger partial charge on any atom is 0.524 e. The van der Waals surface area contributed by atoms with Crippen molar-refractivity contribution in [2.24, 2.45) is 0 Å². The van der Waals surface area contributed by atoms with E-state index in [2.05, 4.69) is 41.9 Å². The summed E-state index contributed by atoms with van der Waals surface area (Å²) in [5.74, 6) is -0.360. The van der Waals surface area contributed by atoms with Gasteiger partial charge < -0.3 is 4.74 Å². The highest BCUT2D eigenvalue weighted by molar-refractivity contribution is 8.01. The Kier molecular flexibility index (Phi) is 7.98. The predicted molar refractivity (Wildman–Crippen MR) is 166 cm³/mol. The third kappa shape index (κ3) is 5.15. The van der Waals surface area contributed by atoms with E-state index in [9.17, 15) is 19.7 Å². The molecule has 2 amide bonds. The molecule has 0 saturated carbocycles. The van der Waals surface area contributed by atoms with Crippen molar-refractivity contribution in [3.8, 4) is 0 Å². The molecule has 0 aromatic heterocycles. The van der Waals surface area contributed by atoms with Gasteiger partial charge >= 0.3 is 6.09 Å². The quantitative estimate of drug-likeness (QED) is 0.0916. The largest absolute Gasteiger partial charge is 0.524 e. The van der Waals surface area contributed by atoms with Gasteiger partial charge in [0.25, 0.3) is 11.4 Å². The summed E-state index contributed by atoms with van der Waals surface area (Å²) in [5, 5.41) is 11.2. The fourth-order valence-electron chi connectivity index (χ4n) is 6.51. The lowest BCUT2D eigenvalue weighted by molar-refractivity contribution is -0.981. The molecule has 0 spiro atoms. The topological polar surface area (TPSA) is 108 Å². The van der Waals surface area contributed by atoms with Crippen LogP contribution in [0.15, 0.2) is 115 Å². The number of benzene rings is 4. The van der Waals surface area contributed by atoms with E-state index in [1.54, 1.807) is 23.9 Å². The molecule has 4 aromatic carbocycles. The van der Waals surface area contributed by atoms with Gasteiger partial charge in [-0.1, -0.05) is 91.0 Å².